The first-order valence-corrected chi connectivity index (χ1v) is 10.3. The summed E-state index contributed by atoms with van der Waals surface area (Å²) in [5.74, 6) is 1.03. The zero-order valence-corrected chi connectivity index (χ0v) is 17.0. The van der Waals surface area contributed by atoms with Gasteiger partial charge in [-0.3, -0.25) is 9.79 Å². The predicted octanol–water partition coefficient (Wildman–Crippen LogP) is 2.18. The van der Waals surface area contributed by atoms with Crippen molar-refractivity contribution in [3.63, 3.8) is 0 Å². The Bertz CT molecular complexity index is 494. The minimum Gasteiger partial charge on any atom is -0.392 e. The molecule has 0 spiro atoms. The summed E-state index contributed by atoms with van der Waals surface area (Å²) in [6.07, 6.45) is 7.90. The van der Waals surface area contributed by atoms with Crippen molar-refractivity contribution >= 4 is 11.9 Å². The van der Waals surface area contributed by atoms with Crippen LogP contribution in [-0.2, 0) is 4.79 Å². The van der Waals surface area contributed by atoms with E-state index in [4.69, 9.17) is 0 Å². The first-order valence-electron chi connectivity index (χ1n) is 10.3. The molecule has 2 rings (SSSR count). The van der Waals surface area contributed by atoms with Crippen molar-refractivity contribution < 1.29 is 9.90 Å². The molecule has 4 unspecified atom stereocenters. The molecule has 2 aliphatic carbocycles. The predicted molar refractivity (Wildman–Crippen MR) is 106 cm³/mol. The van der Waals surface area contributed by atoms with Gasteiger partial charge >= 0.3 is 0 Å². The van der Waals surface area contributed by atoms with E-state index < -0.39 is 0 Å². The van der Waals surface area contributed by atoms with Gasteiger partial charge in [0.25, 0.3) is 0 Å². The highest BCUT2D eigenvalue weighted by Gasteiger charge is 2.35. The average Bonchev–Trinajstić information content (AvgIpc) is 2.61. The normalized spacial score (nSPS) is 33.0. The molecular weight excluding hydrogens is 328 g/mol. The van der Waals surface area contributed by atoms with E-state index in [1.165, 1.54) is 6.42 Å². The van der Waals surface area contributed by atoms with Crippen molar-refractivity contribution in [2.45, 2.75) is 90.3 Å². The molecule has 4 atom stereocenters. The maximum Gasteiger partial charge on any atom is 0.223 e. The molecule has 2 fully saturated rings. The SMILES string of the molecule is CN=C(NCC1(C)CCCCC1O)NC1CCCC(C(=O)NC(C)C)C1. The number of rotatable bonds is 5. The third-order valence-corrected chi connectivity index (χ3v) is 5.98. The van der Waals surface area contributed by atoms with Crippen LogP contribution in [0.3, 0.4) is 0 Å². The second-order valence-corrected chi connectivity index (χ2v) is 8.71. The van der Waals surface area contributed by atoms with Crippen LogP contribution >= 0.6 is 0 Å². The standard InChI is InChI=1S/C20H38N4O2/c1-14(2)23-18(26)15-8-7-9-16(12-15)24-19(21-4)22-13-20(3)11-6-5-10-17(20)25/h14-17,25H,5-13H2,1-4H3,(H,23,26)(H2,21,22,24). The molecule has 0 radical (unpaired) electrons. The molecule has 4 N–H and O–H groups in total. The van der Waals surface area contributed by atoms with Gasteiger partial charge in [0, 0.05) is 37.0 Å². The van der Waals surface area contributed by atoms with Gasteiger partial charge in [0.05, 0.1) is 6.10 Å². The number of carbonyl (C=O) groups is 1. The lowest BCUT2D eigenvalue weighted by atomic mass is 9.73. The molecule has 0 aromatic rings. The van der Waals surface area contributed by atoms with Gasteiger partial charge in [-0.1, -0.05) is 26.2 Å². The number of aliphatic imine (C=N–C) groups is 1. The second kappa shape index (κ2) is 9.58. The topological polar surface area (TPSA) is 85.8 Å². The van der Waals surface area contributed by atoms with Crippen molar-refractivity contribution in [3.8, 4) is 0 Å². The Hall–Kier alpha value is -1.30. The van der Waals surface area contributed by atoms with Crippen LogP contribution in [0, 0.1) is 11.3 Å². The second-order valence-electron chi connectivity index (χ2n) is 8.71. The van der Waals surface area contributed by atoms with E-state index >= 15 is 0 Å². The molecule has 0 aromatic heterocycles. The zero-order chi connectivity index (χ0) is 19.2. The highest BCUT2D eigenvalue weighted by molar-refractivity contribution is 5.81. The lowest BCUT2D eigenvalue weighted by molar-refractivity contribution is -0.126. The Kier molecular flexibility index (Phi) is 7.74. The molecule has 6 heteroatoms. The van der Waals surface area contributed by atoms with Gasteiger partial charge < -0.3 is 21.1 Å². The van der Waals surface area contributed by atoms with Gasteiger partial charge in [0.15, 0.2) is 5.96 Å². The largest absolute Gasteiger partial charge is 0.392 e. The minimum atomic E-state index is -0.249. The molecule has 2 saturated carbocycles. The lowest BCUT2D eigenvalue weighted by Crippen LogP contribution is -2.51. The Morgan fingerprint density at radius 3 is 2.65 bits per heavy atom. The molecule has 0 saturated heterocycles. The van der Waals surface area contributed by atoms with E-state index in [9.17, 15) is 9.90 Å². The fourth-order valence-electron chi connectivity index (χ4n) is 4.22. The van der Waals surface area contributed by atoms with Crippen LogP contribution in [0.5, 0.6) is 0 Å². The van der Waals surface area contributed by atoms with Crippen molar-refractivity contribution in [3.05, 3.63) is 0 Å². The number of carbonyl (C=O) groups excluding carboxylic acids is 1. The van der Waals surface area contributed by atoms with Crippen LogP contribution < -0.4 is 16.0 Å². The van der Waals surface area contributed by atoms with E-state index in [2.05, 4.69) is 27.9 Å². The van der Waals surface area contributed by atoms with Crippen LogP contribution in [0.1, 0.15) is 72.1 Å². The summed E-state index contributed by atoms with van der Waals surface area (Å²) in [6, 6.07) is 0.454. The van der Waals surface area contributed by atoms with Gasteiger partial charge in [0.2, 0.25) is 5.91 Å². The third-order valence-electron chi connectivity index (χ3n) is 5.98. The lowest BCUT2D eigenvalue weighted by Gasteiger charge is -2.39. The van der Waals surface area contributed by atoms with Gasteiger partial charge in [-0.05, 0) is 46.0 Å². The van der Waals surface area contributed by atoms with Crippen LogP contribution in [0.15, 0.2) is 4.99 Å². The van der Waals surface area contributed by atoms with E-state index in [1.54, 1.807) is 7.05 Å². The number of aliphatic hydroxyl groups is 1. The number of nitrogens with zero attached hydrogens (tertiary/aromatic N) is 1. The first kappa shape index (κ1) is 21.0. The molecule has 2 aliphatic rings. The Labute approximate surface area is 158 Å². The molecule has 6 nitrogen and oxygen atoms in total. The van der Waals surface area contributed by atoms with E-state index in [1.807, 2.05) is 13.8 Å². The van der Waals surface area contributed by atoms with Gasteiger partial charge in [-0.15, -0.1) is 0 Å². The van der Waals surface area contributed by atoms with E-state index in [-0.39, 0.29) is 35.4 Å². The summed E-state index contributed by atoms with van der Waals surface area (Å²) in [7, 11) is 1.78. The number of hydrogen-bond acceptors (Lipinski definition) is 3. The zero-order valence-electron chi connectivity index (χ0n) is 17.0. The first-order chi connectivity index (χ1) is 12.3. The molecule has 26 heavy (non-hydrogen) atoms. The van der Waals surface area contributed by atoms with E-state index in [0.717, 1.165) is 57.5 Å². The summed E-state index contributed by atoms with van der Waals surface area (Å²) < 4.78 is 0. The number of aliphatic hydroxyl groups excluding tert-OH is 1. The fourth-order valence-corrected chi connectivity index (χ4v) is 4.22. The molecule has 0 aromatic carbocycles. The smallest absolute Gasteiger partial charge is 0.223 e. The van der Waals surface area contributed by atoms with Crippen molar-refractivity contribution in [2.24, 2.45) is 16.3 Å². The molecule has 150 valence electrons. The molecule has 0 bridgehead atoms. The number of guanidine groups is 1. The Morgan fingerprint density at radius 1 is 1.23 bits per heavy atom. The summed E-state index contributed by atoms with van der Waals surface area (Å²) >= 11 is 0. The number of nitrogens with one attached hydrogen (secondary N) is 3. The van der Waals surface area contributed by atoms with Gasteiger partial charge in [-0.25, -0.2) is 0 Å². The maximum absolute atomic E-state index is 12.3. The average molecular weight is 367 g/mol. The third kappa shape index (κ3) is 5.86. The fraction of sp³-hybridized carbons (Fsp3) is 0.900. The van der Waals surface area contributed by atoms with E-state index in [0.29, 0.717) is 0 Å². The molecule has 0 heterocycles. The van der Waals surface area contributed by atoms with Crippen molar-refractivity contribution in [1.82, 2.24) is 16.0 Å². The summed E-state index contributed by atoms with van der Waals surface area (Å²) in [5.41, 5.74) is -0.0951. The van der Waals surface area contributed by atoms with Crippen LogP contribution in [0.4, 0.5) is 0 Å². The van der Waals surface area contributed by atoms with Gasteiger partial charge in [-0.2, -0.15) is 0 Å². The minimum absolute atomic E-state index is 0.0828. The highest BCUT2D eigenvalue weighted by atomic mass is 16.3. The monoisotopic (exact) mass is 366 g/mol. The maximum atomic E-state index is 12.3. The number of amides is 1. The summed E-state index contributed by atoms with van der Waals surface area (Å²) in [6.45, 7) is 6.88. The summed E-state index contributed by atoms with van der Waals surface area (Å²) in [5, 5.41) is 20.3. The molecule has 0 aliphatic heterocycles. The van der Waals surface area contributed by atoms with Crippen LogP contribution in [0.25, 0.3) is 0 Å². The Balaban J connectivity index is 1.84. The highest BCUT2D eigenvalue weighted by Crippen LogP contribution is 2.35. The van der Waals surface area contributed by atoms with Crippen LogP contribution in [-0.4, -0.2) is 48.8 Å². The number of hydrogen-bond donors (Lipinski definition) is 4. The molecular formula is C20H38N4O2. The van der Waals surface area contributed by atoms with Gasteiger partial charge in [0.1, 0.15) is 0 Å². The van der Waals surface area contributed by atoms with Crippen molar-refractivity contribution in [1.29, 1.82) is 0 Å². The quantitative estimate of drug-likeness (QED) is 0.444. The van der Waals surface area contributed by atoms with Crippen molar-refractivity contribution in [2.75, 3.05) is 13.6 Å². The Morgan fingerprint density at radius 2 is 2.00 bits per heavy atom. The summed E-state index contributed by atoms with van der Waals surface area (Å²) in [4.78, 5) is 16.7. The van der Waals surface area contributed by atoms with Crippen LogP contribution in [0.2, 0.25) is 0 Å². The molecule has 1 amide bonds.